The average molecular weight is 345 g/mol. The molecule has 0 bridgehead atoms. The number of nitro benzene ring substituents is 1. The lowest BCUT2D eigenvalue weighted by Gasteiger charge is -2.09. The SMILES string of the molecule is O=[N+]([O-])c1ccc(NN=C(Cc2ccccc2)Cc2ccccc2)cc1. The summed E-state index contributed by atoms with van der Waals surface area (Å²) in [6.07, 6.45) is 1.46. The molecule has 3 aromatic rings. The quantitative estimate of drug-likeness (QED) is 0.378. The molecule has 130 valence electrons. The Bertz CT molecular complexity index is 833. The van der Waals surface area contributed by atoms with E-state index in [-0.39, 0.29) is 5.69 Å². The van der Waals surface area contributed by atoms with Gasteiger partial charge in [0.15, 0.2) is 0 Å². The van der Waals surface area contributed by atoms with Crippen LogP contribution in [0.25, 0.3) is 0 Å². The zero-order valence-corrected chi connectivity index (χ0v) is 14.2. The fourth-order valence-electron chi connectivity index (χ4n) is 2.61. The first kappa shape index (κ1) is 17.4. The number of benzene rings is 3. The van der Waals surface area contributed by atoms with Gasteiger partial charge in [-0.15, -0.1) is 0 Å². The van der Waals surface area contributed by atoms with Gasteiger partial charge in [0, 0.05) is 30.7 Å². The second-order valence-electron chi connectivity index (χ2n) is 5.92. The lowest BCUT2D eigenvalue weighted by molar-refractivity contribution is -0.384. The van der Waals surface area contributed by atoms with E-state index in [2.05, 4.69) is 34.8 Å². The van der Waals surface area contributed by atoms with Crippen LogP contribution in [0.4, 0.5) is 11.4 Å². The van der Waals surface area contributed by atoms with Crippen LogP contribution in [0.15, 0.2) is 90.0 Å². The van der Waals surface area contributed by atoms with Crippen LogP contribution in [-0.2, 0) is 12.8 Å². The maximum Gasteiger partial charge on any atom is 0.269 e. The summed E-state index contributed by atoms with van der Waals surface area (Å²) in [7, 11) is 0. The highest BCUT2D eigenvalue weighted by atomic mass is 16.6. The molecule has 0 aliphatic carbocycles. The van der Waals surface area contributed by atoms with Crippen LogP contribution in [-0.4, -0.2) is 10.6 Å². The van der Waals surface area contributed by atoms with Crippen molar-refractivity contribution in [2.75, 3.05) is 5.43 Å². The molecule has 0 aromatic heterocycles. The van der Waals surface area contributed by atoms with Gasteiger partial charge in [0.25, 0.3) is 5.69 Å². The Morgan fingerprint density at radius 1 is 0.808 bits per heavy atom. The van der Waals surface area contributed by atoms with Crippen molar-refractivity contribution in [1.82, 2.24) is 0 Å². The number of hydrogen-bond acceptors (Lipinski definition) is 4. The summed E-state index contributed by atoms with van der Waals surface area (Å²) in [4.78, 5) is 10.3. The second-order valence-corrected chi connectivity index (χ2v) is 5.92. The zero-order chi connectivity index (χ0) is 18.2. The molecule has 0 heterocycles. The molecule has 0 atom stereocenters. The van der Waals surface area contributed by atoms with Crippen LogP contribution in [0, 0.1) is 10.1 Å². The van der Waals surface area contributed by atoms with E-state index in [1.807, 2.05) is 36.4 Å². The minimum absolute atomic E-state index is 0.0633. The molecule has 0 aliphatic heterocycles. The molecular formula is C21H19N3O2. The van der Waals surface area contributed by atoms with Crippen LogP contribution < -0.4 is 5.43 Å². The number of hydrazone groups is 1. The van der Waals surface area contributed by atoms with Gasteiger partial charge in [-0.2, -0.15) is 5.10 Å². The molecule has 26 heavy (non-hydrogen) atoms. The van der Waals surface area contributed by atoms with Crippen molar-refractivity contribution < 1.29 is 4.92 Å². The van der Waals surface area contributed by atoms with E-state index in [1.54, 1.807) is 12.1 Å². The molecule has 0 saturated carbocycles. The Labute approximate surface area is 152 Å². The highest BCUT2D eigenvalue weighted by molar-refractivity contribution is 5.89. The van der Waals surface area contributed by atoms with Crippen molar-refractivity contribution in [3.8, 4) is 0 Å². The molecule has 5 nitrogen and oxygen atoms in total. The number of rotatable bonds is 7. The maximum absolute atomic E-state index is 10.7. The van der Waals surface area contributed by atoms with Gasteiger partial charge in [-0.05, 0) is 23.3 Å². The summed E-state index contributed by atoms with van der Waals surface area (Å²) in [5.74, 6) is 0. The Kier molecular flexibility index (Phi) is 5.72. The largest absolute Gasteiger partial charge is 0.279 e. The number of hydrogen-bond donors (Lipinski definition) is 1. The monoisotopic (exact) mass is 345 g/mol. The number of nitrogens with zero attached hydrogens (tertiary/aromatic N) is 2. The van der Waals surface area contributed by atoms with Crippen molar-refractivity contribution in [3.05, 3.63) is 106 Å². The smallest absolute Gasteiger partial charge is 0.269 e. The van der Waals surface area contributed by atoms with Gasteiger partial charge in [-0.25, -0.2) is 0 Å². The summed E-state index contributed by atoms with van der Waals surface area (Å²) < 4.78 is 0. The van der Waals surface area contributed by atoms with Crippen LogP contribution >= 0.6 is 0 Å². The second kappa shape index (κ2) is 8.58. The van der Waals surface area contributed by atoms with E-state index in [9.17, 15) is 10.1 Å². The van der Waals surface area contributed by atoms with Crippen molar-refractivity contribution in [1.29, 1.82) is 0 Å². The van der Waals surface area contributed by atoms with E-state index in [4.69, 9.17) is 0 Å². The third-order valence-electron chi connectivity index (χ3n) is 3.92. The van der Waals surface area contributed by atoms with Crippen molar-refractivity contribution >= 4 is 17.1 Å². The molecule has 0 unspecified atom stereocenters. The summed E-state index contributed by atoms with van der Waals surface area (Å²) in [6.45, 7) is 0. The predicted octanol–water partition coefficient (Wildman–Crippen LogP) is 4.85. The number of nitrogens with one attached hydrogen (secondary N) is 1. The normalized spacial score (nSPS) is 10.2. The average Bonchev–Trinajstić information content (AvgIpc) is 2.68. The first-order valence-corrected chi connectivity index (χ1v) is 8.34. The topological polar surface area (TPSA) is 67.5 Å². The molecule has 5 heteroatoms. The standard InChI is InChI=1S/C21H19N3O2/c25-24(26)21-13-11-19(12-14-21)22-23-20(15-17-7-3-1-4-8-17)16-18-9-5-2-6-10-18/h1-14,22H,15-16H2. The fourth-order valence-corrected chi connectivity index (χ4v) is 2.61. The van der Waals surface area contributed by atoms with Gasteiger partial charge in [0.2, 0.25) is 0 Å². The first-order valence-electron chi connectivity index (χ1n) is 8.34. The fraction of sp³-hybridized carbons (Fsp3) is 0.0952. The number of non-ortho nitro benzene ring substituents is 1. The molecule has 0 amide bonds. The Morgan fingerprint density at radius 3 is 1.77 bits per heavy atom. The third kappa shape index (κ3) is 5.01. The molecule has 0 saturated heterocycles. The molecule has 0 radical (unpaired) electrons. The van der Waals surface area contributed by atoms with Crippen LogP contribution in [0.5, 0.6) is 0 Å². The van der Waals surface area contributed by atoms with Gasteiger partial charge in [0.05, 0.1) is 10.6 Å². The lowest BCUT2D eigenvalue weighted by Crippen LogP contribution is -2.10. The Morgan fingerprint density at radius 2 is 1.31 bits per heavy atom. The molecule has 0 fully saturated rings. The predicted molar refractivity (Wildman–Crippen MR) is 104 cm³/mol. The number of nitro groups is 1. The van der Waals surface area contributed by atoms with E-state index in [1.165, 1.54) is 23.3 Å². The van der Waals surface area contributed by atoms with Gasteiger partial charge >= 0.3 is 0 Å². The summed E-state index contributed by atoms with van der Waals surface area (Å²) in [5.41, 5.74) is 7.16. The molecule has 3 rings (SSSR count). The maximum atomic E-state index is 10.7. The van der Waals surface area contributed by atoms with Gasteiger partial charge in [-0.3, -0.25) is 15.5 Å². The van der Waals surface area contributed by atoms with Gasteiger partial charge < -0.3 is 0 Å². The van der Waals surface area contributed by atoms with Crippen molar-refractivity contribution in [2.24, 2.45) is 5.10 Å². The van der Waals surface area contributed by atoms with E-state index < -0.39 is 4.92 Å². The lowest BCUT2D eigenvalue weighted by atomic mass is 10.0. The minimum Gasteiger partial charge on any atom is -0.279 e. The third-order valence-corrected chi connectivity index (χ3v) is 3.92. The highest BCUT2D eigenvalue weighted by Gasteiger charge is 2.06. The zero-order valence-electron chi connectivity index (χ0n) is 14.2. The van der Waals surface area contributed by atoms with Gasteiger partial charge in [0.1, 0.15) is 0 Å². The summed E-state index contributed by atoms with van der Waals surface area (Å²) in [5, 5.41) is 15.3. The van der Waals surface area contributed by atoms with E-state index in [0.29, 0.717) is 5.69 Å². The highest BCUT2D eigenvalue weighted by Crippen LogP contribution is 2.16. The molecule has 0 spiro atoms. The minimum atomic E-state index is -0.413. The summed E-state index contributed by atoms with van der Waals surface area (Å²) >= 11 is 0. The Hall–Kier alpha value is -3.47. The Balaban J connectivity index is 1.77. The first-order chi connectivity index (χ1) is 12.7. The molecule has 1 N–H and O–H groups in total. The van der Waals surface area contributed by atoms with E-state index in [0.717, 1.165) is 18.6 Å². The molecular weight excluding hydrogens is 326 g/mol. The van der Waals surface area contributed by atoms with Crippen LogP contribution in [0.1, 0.15) is 11.1 Å². The van der Waals surface area contributed by atoms with E-state index >= 15 is 0 Å². The van der Waals surface area contributed by atoms with Crippen molar-refractivity contribution in [3.63, 3.8) is 0 Å². The number of anilines is 1. The molecule has 3 aromatic carbocycles. The summed E-state index contributed by atoms with van der Waals surface area (Å²) in [6, 6.07) is 26.6. The molecule has 0 aliphatic rings. The van der Waals surface area contributed by atoms with Crippen molar-refractivity contribution in [2.45, 2.75) is 12.8 Å². The van der Waals surface area contributed by atoms with Crippen LogP contribution in [0.2, 0.25) is 0 Å². The van der Waals surface area contributed by atoms with Gasteiger partial charge in [-0.1, -0.05) is 60.7 Å². The van der Waals surface area contributed by atoms with Crippen LogP contribution in [0.3, 0.4) is 0 Å².